The molecule has 1 amide bonds. The minimum Gasteiger partial charge on any atom is -0.460 e. The second-order valence-electron chi connectivity index (χ2n) is 14.9. The molecular formula is C37H32Cl2F10N4O7. The Bertz CT molecular complexity index is 2150. The molecule has 1 aromatic heterocycles. The smallest absolute Gasteiger partial charge is 0.460 e. The molecule has 0 atom stereocenters. The number of ether oxygens (including phenoxy) is 4. The van der Waals surface area contributed by atoms with E-state index >= 15 is 0 Å². The molecule has 3 aromatic rings. The van der Waals surface area contributed by atoms with E-state index in [0.717, 1.165) is 23.4 Å². The highest BCUT2D eigenvalue weighted by Gasteiger charge is 2.73. The van der Waals surface area contributed by atoms with E-state index in [1.165, 1.54) is 12.1 Å². The van der Waals surface area contributed by atoms with Crippen LogP contribution in [0.1, 0.15) is 75.2 Å². The number of halogens is 12. The maximum Gasteiger partial charge on any atom is 0.573 e. The predicted molar refractivity (Wildman–Crippen MR) is 188 cm³/mol. The quantitative estimate of drug-likeness (QED) is 0.111. The third-order valence-electron chi connectivity index (χ3n) is 9.46. The number of carbonyl (C=O) groups is 3. The maximum absolute atomic E-state index is 14.9. The van der Waals surface area contributed by atoms with Crippen LogP contribution in [-0.2, 0) is 24.7 Å². The van der Waals surface area contributed by atoms with E-state index in [1.807, 2.05) is 6.07 Å². The zero-order valence-corrected chi connectivity index (χ0v) is 32.8. The number of carbonyl (C=O) groups excluding carboxylic acids is 3. The molecule has 0 bridgehead atoms. The summed E-state index contributed by atoms with van der Waals surface area (Å²) < 4.78 is 156. The van der Waals surface area contributed by atoms with E-state index in [2.05, 4.69) is 9.84 Å². The van der Waals surface area contributed by atoms with Crippen molar-refractivity contribution in [2.45, 2.75) is 101 Å². The predicted octanol–water partition coefficient (Wildman–Crippen LogP) is 10.5. The Balaban J connectivity index is 1.38. The fraction of sp³-hybridized carbons (Fsp3) is 0.486. The first-order chi connectivity index (χ1) is 27.6. The molecule has 23 heteroatoms. The van der Waals surface area contributed by atoms with Crippen LogP contribution in [-0.4, -0.2) is 75.4 Å². The number of esters is 1. The lowest BCUT2D eigenvalue weighted by Gasteiger charge is -2.31. The Hall–Kier alpha value is -4.97. The zero-order valence-electron chi connectivity index (χ0n) is 31.3. The first-order valence-electron chi connectivity index (χ1n) is 17.7. The molecule has 2 fully saturated rings. The van der Waals surface area contributed by atoms with Gasteiger partial charge in [-0.2, -0.15) is 36.7 Å². The average molecular weight is 906 g/mol. The lowest BCUT2D eigenvalue weighted by molar-refractivity contribution is -0.348. The van der Waals surface area contributed by atoms with E-state index in [-0.39, 0.29) is 52.5 Å². The molecule has 2 aromatic carbocycles. The number of amides is 1. The largest absolute Gasteiger partial charge is 0.573 e. The number of aromatic nitrogens is 2. The van der Waals surface area contributed by atoms with Crippen molar-refractivity contribution in [1.82, 2.24) is 14.7 Å². The van der Waals surface area contributed by atoms with Crippen LogP contribution >= 0.6 is 23.2 Å². The van der Waals surface area contributed by atoms with Gasteiger partial charge in [0.2, 0.25) is 0 Å². The Morgan fingerprint density at radius 1 is 0.900 bits per heavy atom. The summed E-state index contributed by atoms with van der Waals surface area (Å²) in [6.45, 7) is 4.45. The van der Waals surface area contributed by atoms with Gasteiger partial charge in [0.1, 0.15) is 22.9 Å². The van der Waals surface area contributed by atoms with E-state index < -0.39 is 88.5 Å². The lowest BCUT2D eigenvalue weighted by Crippen LogP contribution is -2.50. The van der Waals surface area contributed by atoms with E-state index in [9.17, 15) is 63.5 Å². The summed E-state index contributed by atoms with van der Waals surface area (Å²) in [7, 11) is 0. The Labute approximate surface area is 344 Å². The van der Waals surface area contributed by atoms with Gasteiger partial charge in [0.25, 0.3) is 5.91 Å². The van der Waals surface area contributed by atoms with Gasteiger partial charge in [0, 0.05) is 17.3 Å². The highest BCUT2D eigenvalue weighted by Crippen LogP contribution is 2.55. The summed E-state index contributed by atoms with van der Waals surface area (Å²) in [5.74, 6) is -3.45. The summed E-state index contributed by atoms with van der Waals surface area (Å²) in [5.41, 5.74) is -11.9. The van der Waals surface area contributed by atoms with Gasteiger partial charge in [0.15, 0.2) is 12.5 Å². The van der Waals surface area contributed by atoms with Crippen LogP contribution in [0.4, 0.5) is 48.7 Å². The Kier molecular flexibility index (Phi) is 12.7. The van der Waals surface area contributed by atoms with Gasteiger partial charge in [-0.05, 0) is 89.1 Å². The SMILES string of the molecule is CC(C)(C)OC(=O)C1CCC(OC(=O)OCN(C(=O)c2cc(-c3cnn(-c4c(Cl)cc(C(F)(C(F)(F)F)C(F)(F)F)cc4OC(F)(F)F)c3)ccc2Cl)C2(C#N)CC2)CC1. The zero-order chi connectivity index (χ0) is 44.8. The van der Waals surface area contributed by atoms with Gasteiger partial charge < -0.3 is 18.9 Å². The fourth-order valence-electron chi connectivity index (χ4n) is 6.32. The molecule has 326 valence electrons. The molecule has 11 nitrogen and oxygen atoms in total. The minimum atomic E-state index is -6.70. The number of hydrogen-bond donors (Lipinski definition) is 0. The molecule has 0 saturated heterocycles. The fourth-order valence-corrected chi connectivity index (χ4v) is 6.82. The molecular weight excluding hydrogens is 873 g/mol. The molecule has 2 saturated carbocycles. The Morgan fingerprint density at radius 2 is 1.52 bits per heavy atom. The monoisotopic (exact) mass is 904 g/mol. The van der Waals surface area contributed by atoms with Crippen molar-refractivity contribution in [3.63, 3.8) is 0 Å². The molecule has 0 radical (unpaired) electrons. The van der Waals surface area contributed by atoms with Crippen molar-refractivity contribution in [3.05, 3.63) is 63.9 Å². The van der Waals surface area contributed by atoms with Crippen LogP contribution in [0.2, 0.25) is 10.0 Å². The van der Waals surface area contributed by atoms with Crippen LogP contribution < -0.4 is 4.74 Å². The summed E-state index contributed by atoms with van der Waals surface area (Å²) in [6, 6.07) is 5.05. The number of nitriles is 1. The van der Waals surface area contributed by atoms with Gasteiger partial charge >= 0.3 is 36.5 Å². The molecule has 2 aliphatic rings. The molecule has 2 aliphatic carbocycles. The van der Waals surface area contributed by atoms with Gasteiger partial charge in [-0.25, -0.2) is 13.9 Å². The first kappa shape index (κ1) is 46.1. The highest BCUT2D eigenvalue weighted by atomic mass is 35.5. The number of hydrogen-bond acceptors (Lipinski definition) is 9. The van der Waals surface area contributed by atoms with E-state index in [0.29, 0.717) is 30.4 Å². The second-order valence-corrected chi connectivity index (χ2v) is 15.7. The van der Waals surface area contributed by atoms with E-state index in [4.69, 9.17) is 37.4 Å². The molecule has 5 rings (SSSR count). The van der Waals surface area contributed by atoms with Crippen LogP contribution in [0, 0.1) is 17.2 Å². The first-order valence-corrected chi connectivity index (χ1v) is 18.4. The molecule has 0 spiro atoms. The number of rotatable bonds is 10. The lowest BCUT2D eigenvalue weighted by atomic mass is 9.87. The minimum absolute atomic E-state index is 0.0431. The van der Waals surface area contributed by atoms with Crippen molar-refractivity contribution < 1.29 is 77.2 Å². The topological polar surface area (TPSA) is 133 Å². The van der Waals surface area contributed by atoms with Crippen LogP contribution in [0.25, 0.3) is 16.8 Å². The molecule has 60 heavy (non-hydrogen) atoms. The summed E-state index contributed by atoms with van der Waals surface area (Å²) in [4.78, 5) is 40.1. The van der Waals surface area contributed by atoms with Crippen LogP contribution in [0.15, 0.2) is 42.7 Å². The molecule has 0 N–H and O–H groups in total. The standard InChI is InChI=1S/C37H32Cl2F10N4O7/c1-32(2,3)60-30(55)19-4-7-23(8-5-19)58-31(56)57-18-52(33(17-50)10-11-33)29(54)24-12-20(6-9-25(24)38)21-15-51-53(16-21)28-26(39)13-22(14-27(28)59-37(47,48)49)34(40,35(41,42)43)36(44,45)46/h6,9,12-16,19,23H,4-5,7-8,10-11,18H2,1-3H3. The van der Waals surface area contributed by atoms with Crippen LogP contribution in [0.5, 0.6) is 5.75 Å². The molecule has 0 unspecified atom stereocenters. The van der Waals surface area contributed by atoms with Crippen LogP contribution in [0.3, 0.4) is 0 Å². The number of benzene rings is 2. The maximum atomic E-state index is 14.9. The van der Waals surface area contributed by atoms with Gasteiger partial charge in [-0.15, -0.1) is 13.2 Å². The summed E-state index contributed by atoms with van der Waals surface area (Å²) >= 11 is 12.3. The summed E-state index contributed by atoms with van der Waals surface area (Å²) in [5, 5.41) is 12.3. The van der Waals surface area contributed by atoms with Crippen molar-refractivity contribution in [3.8, 4) is 28.6 Å². The van der Waals surface area contributed by atoms with Crippen molar-refractivity contribution in [1.29, 1.82) is 5.26 Å². The highest BCUT2D eigenvalue weighted by molar-refractivity contribution is 6.34. The Morgan fingerprint density at radius 3 is 2.05 bits per heavy atom. The third kappa shape index (κ3) is 9.96. The molecule has 1 heterocycles. The van der Waals surface area contributed by atoms with E-state index in [1.54, 1.807) is 20.8 Å². The molecule has 0 aliphatic heterocycles. The van der Waals surface area contributed by atoms with Gasteiger partial charge in [0.05, 0.1) is 33.8 Å². The van der Waals surface area contributed by atoms with Gasteiger partial charge in [-0.1, -0.05) is 29.3 Å². The van der Waals surface area contributed by atoms with Gasteiger partial charge in [-0.3, -0.25) is 14.5 Å². The normalized spacial score (nSPS) is 18.2. The number of alkyl halides is 10. The van der Waals surface area contributed by atoms with Crippen molar-refractivity contribution in [2.24, 2.45) is 5.92 Å². The van der Waals surface area contributed by atoms with Crippen molar-refractivity contribution in [2.75, 3.05) is 6.73 Å². The van der Waals surface area contributed by atoms with Crippen molar-refractivity contribution >= 4 is 41.2 Å². The number of nitrogens with zero attached hydrogens (tertiary/aromatic N) is 4. The average Bonchev–Trinajstić information content (AvgIpc) is 3.76. The second kappa shape index (κ2) is 16.5. The summed E-state index contributed by atoms with van der Waals surface area (Å²) in [6.07, 6.45) is -17.2. The third-order valence-corrected chi connectivity index (χ3v) is 10.1.